The number of rotatable bonds is 10. The molecule has 0 saturated heterocycles. The number of fused-ring (bicyclic) bond motifs is 5. The van der Waals surface area contributed by atoms with Crippen molar-refractivity contribution in [3.05, 3.63) is 47.5 Å². The molecule has 0 fully saturated rings. The summed E-state index contributed by atoms with van der Waals surface area (Å²) in [4.78, 5) is 12.4. The average molecular weight is 438 g/mol. The molecule has 2 aromatic carbocycles. The van der Waals surface area contributed by atoms with Gasteiger partial charge in [-0.3, -0.25) is 4.79 Å². The maximum atomic E-state index is 12.4. The largest absolute Gasteiger partial charge is 0.352 e. The second-order valence-electron chi connectivity index (χ2n) is 8.18. The van der Waals surface area contributed by atoms with Gasteiger partial charge in [-0.25, -0.2) is 0 Å². The van der Waals surface area contributed by atoms with Crippen molar-refractivity contribution in [2.24, 2.45) is 0 Å². The third-order valence-corrected chi connectivity index (χ3v) is 8.30. The summed E-state index contributed by atoms with van der Waals surface area (Å²) in [6.45, 7) is 5.07. The fourth-order valence-electron chi connectivity index (χ4n) is 4.05. The third-order valence-electron chi connectivity index (χ3n) is 5.76. The van der Waals surface area contributed by atoms with E-state index in [9.17, 15) is 4.79 Å². The molecule has 0 aliphatic heterocycles. The Morgan fingerprint density at radius 2 is 1.47 bits per heavy atom. The molecular formula is C26H31NOS2. The van der Waals surface area contributed by atoms with E-state index in [4.69, 9.17) is 0 Å². The Morgan fingerprint density at radius 3 is 2.20 bits per heavy atom. The number of benzene rings is 2. The number of thiophene rings is 2. The Bertz CT molecular complexity index is 1150. The summed E-state index contributed by atoms with van der Waals surface area (Å²) in [5.41, 5.74) is 2.21. The van der Waals surface area contributed by atoms with E-state index in [2.05, 4.69) is 49.5 Å². The Labute approximate surface area is 187 Å². The van der Waals surface area contributed by atoms with Crippen LogP contribution >= 0.6 is 22.7 Å². The number of carbonyl (C=O) groups excluding carboxylic acids is 1. The molecule has 0 atom stereocenters. The van der Waals surface area contributed by atoms with E-state index in [1.54, 1.807) is 0 Å². The van der Waals surface area contributed by atoms with Crippen molar-refractivity contribution in [1.82, 2.24) is 5.32 Å². The Morgan fingerprint density at radius 1 is 0.800 bits per heavy atom. The summed E-state index contributed by atoms with van der Waals surface area (Å²) in [5.74, 6) is 0.0282. The number of hydrogen-bond acceptors (Lipinski definition) is 3. The van der Waals surface area contributed by atoms with Gasteiger partial charge in [0.15, 0.2) is 0 Å². The van der Waals surface area contributed by atoms with E-state index in [-0.39, 0.29) is 5.91 Å². The first-order valence-electron chi connectivity index (χ1n) is 11.4. The monoisotopic (exact) mass is 437 g/mol. The van der Waals surface area contributed by atoms with Gasteiger partial charge in [0.1, 0.15) is 0 Å². The van der Waals surface area contributed by atoms with Gasteiger partial charge in [0.05, 0.1) is 9.40 Å². The Kier molecular flexibility index (Phi) is 7.06. The number of amides is 1. The average Bonchev–Trinajstić information content (AvgIpc) is 3.30. The standard InChI is InChI=1S/C26H31NOS2/c1-3-5-6-7-8-9-10-18-11-13-22-20(16-18)24-25(29-22)21-17-19(12-14-23(21)30-24)26(28)27-15-4-2/h11-14,16-17H,3-10,15H2,1-2H3,(H,27,28). The van der Waals surface area contributed by atoms with Crippen molar-refractivity contribution in [2.75, 3.05) is 6.54 Å². The van der Waals surface area contributed by atoms with E-state index in [1.165, 1.54) is 80.1 Å². The number of nitrogens with one attached hydrogen (secondary N) is 1. The van der Waals surface area contributed by atoms with E-state index >= 15 is 0 Å². The van der Waals surface area contributed by atoms with Gasteiger partial charge in [-0.05, 0) is 55.2 Å². The minimum absolute atomic E-state index is 0.0282. The van der Waals surface area contributed by atoms with Crippen LogP contribution in [0, 0.1) is 0 Å². The Balaban J connectivity index is 1.58. The van der Waals surface area contributed by atoms with Crippen molar-refractivity contribution in [2.45, 2.75) is 65.2 Å². The summed E-state index contributed by atoms with van der Waals surface area (Å²) in [6.07, 6.45) is 10.2. The molecular weight excluding hydrogens is 406 g/mol. The molecule has 0 bridgehead atoms. The molecule has 4 heteroatoms. The summed E-state index contributed by atoms with van der Waals surface area (Å²) in [6, 6.07) is 13.2. The van der Waals surface area contributed by atoms with Crippen LogP contribution in [0.5, 0.6) is 0 Å². The van der Waals surface area contributed by atoms with Gasteiger partial charge in [0.25, 0.3) is 5.91 Å². The molecule has 1 amide bonds. The molecule has 0 spiro atoms. The zero-order valence-electron chi connectivity index (χ0n) is 18.1. The molecule has 0 unspecified atom stereocenters. The maximum absolute atomic E-state index is 12.4. The molecule has 0 aliphatic rings. The highest BCUT2D eigenvalue weighted by Crippen LogP contribution is 2.44. The molecule has 4 aromatic rings. The summed E-state index contributed by atoms with van der Waals surface area (Å²) >= 11 is 3.72. The van der Waals surface area contributed by atoms with Gasteiger partial charge >= 0.3 is 0 Å². The van der Waals surface area contributed by atoms with Gasteiger partial charge in [0, 0.05) is 32.3 Å². The van der Waals surface area contributed by atoms with Crippen LogP contribution in [0.1, 0.15) is 74.7 Å². The van der Waals surface area contributed by atoms with E-state index in [0.717, 1.165) is 18.5 Å². The maximum Gasteiger partial charge on any atom is 0.251 e. The molecule has 0 radical (unpaired) electrons. The summed E-state index contributed by atoms with van der Waals surface area (Å²) in [5, 5.41) is 5.60. The van der Waals surface area contributed by atoms with E-state index in [1.807, 2.05) is 28.7 Å². The highest BCUT2D eigenvalue weighted by atomic mass is 32.1. The lowest BCUT2D eigenvalue weighted by Gasteiger charge is -2.03. The van der Waals surface area contributed by atoms with Crippen molar-refractivity contribution in [3.63, 3.8) is 0 Å². The molecule has 0 aliphatic carbocycles. The zero-order valence-corrected chi connectivity index (χ0v) is 19.7. The molecule has 30 heavy (non-hydrogen) atoms. The molecule has 2 aromatic heterocycles. The van der Waals surface area contributed by atoms with Crippen LogP contribution in [0.4, 0.5) is 0 Å². The van der Waals surface area contributed by atoms with Crippen LogP contribution in [0.2, 0.25) is 0 Å². The molecule has 1 N–H and O–H groups in total. The van der Waals surface area contributed by atoms with Crippen LogP contribution in [0.3, 0.4) is 0 Å². The zero-order chi connectivity index (χ0) is 20.9. The fraction of sp³-hybridized carbons (Fsp3) is 0.423. The van der Waals surface area contributed by atoms with Crippen LogP contribution in [-0.4, -0.2) is 12.5 Å². The SMILES string of the molecule is CCCCCCCCc1ccc2sc3c4cc(C(=O)NCCC)ccc4sc3c2c1. The van der Waals surface area contributed by atoms with Gasteiger partial charge in [-0.15, -0.1) is 22.7 Å². The van der Waals surface area contributed by atoms with Gasteiger partial charge in [-0.2, -0.15) is 0 Å². The lowest BCUT2D eigenvalue weighted by Crippen LogP contribution is -2.23. The van der Waals surface area contributed by atoms with Crippen molar-refractivity contribution >= 4 is 58.2 Å². The van der Waals surface area contributed by atoms with Crippen LogP contribution in [0.25, 0.3) is 29.6 Å². The minimum Gasteiger partial charge on any atom is -0.352 e. The van der Waals surface area contributed by atoms with Crippen LogP contribution in [-0.2, 0) is 6.42 Å². The van der Waals surface area contributed by atoms with Gasteiger partial charge in [0.2, 0.25) is 0 Å². The highest BCUT2D eigenvalue weighted by molar-refractivity contribution is 7.36. The first kappa shape index (κ1) is 21.3. The minimum atomic E-state index is 0.0282. The predicted molar refractivity (Wildman–Crippen MR) is 134 cm³/mol. The molecule has 158 valence electrons. The summed E-state index contributed by atoms with van der Waals surface area (Å²) in [7, 11) is 0. The Hall–Kier alpha value is -1.91. The molecule has 2 heterocycles. The molecule has 0 saturated carbocycles. The lowest BCUT2D eigenvalue weighted by atomic mass is 10.0. The first-order chi connectivity index (χ1) is 14.7. The van der Waals surface area contributed by atoms with E-state index < -0.39 is 0 Å². The topological polar surface area (TPSA) is 29.1 Å². The van der Waals surface area contributed by atoms with Crippen molar-refractivity contribution < 1.29 is 4.79 Å². The second-order valence-corrected chi connectivity index (χ2v) is 10.3. The summed E-state index contributed by atoms with van der Waals surface area (Å²) < 4.78 is 5.32. The van der Waals surface area contributed by atoms with Crippen molar-refractivity contribution in [1.29, 1.82) is 0 Å². The van der Waals surface area contributed by atoms with Crippen molar-refractivity contribution in [3.8, 4) is 0 Å². The molecule has 4 rings (SSSR count). The molecule has 2 nitrogen and oxygen atoms in total. The van der Waals surface area contributed by atoms with Gasteiger partial charge in [-0.1, -0.05) is 52.0 Å². The number of unbranched alkanes of at least 4 members (excludes halogenated alkanes) is 5. The van der Waals surface area contributed by atoms with Crippen LogP contribution < -0.4 is 5.32 Å². The van der Waals surface area contributed by atoms with Gasteiger partial charge < -0.3 is 5.32 Å². The predicted octanol–water partition coefficient (Wildman–Crippen LogP) is 8.31. The quantitative estimate of drug-likeness (QED) is 0.248. The number of carbonyl (C=O) groups is 1. The fourth-order valence-corrected chi connectivity index (χ4v) is 6.65. The lowest BCUT2D eigenvalue weighted by molar-refractivity contribution is 0.0954. The van der Waals surface area contributed by atoms with E-state index in [0.29, 0.717) is 0 Å². The smallest absolute Gasteiger partial charge is 0.251 e. The highest BCUT2D eigenvalue weighted by Gasteiger charge is 2.14. The number of hydrogen-bond donors (Lipinski definition) is 1. The first-order valence-corrected chi connectivity index (χ1v) is 13.0. The number of aryl methyl sites for hydroxylation is 1. The third kappa shape index (κ3) is 4.55. The second kappa shape index (κ2) is 9.93. The van der Waals surface area contributed by atoms with Crippen LogP contribution in [0.15, 0.2) is 36.4 Å². The normalized spacial score (nSPS) is 11.7.